The topological polar surface area (TPSA) is 59.3 Å². The minimum atomic E-state index is -0.0475. The summed E-state index contributed by atoms with van der Waals surface area (Å²) in [4.78, 5) is 20.0. The Hall–Kier alpha value is -1.75. The largest absolute Gasteiger partial charge is 0.313 e. The summed E-state index contributed by atoms with van der Waals surface area (Å²) in [6, 6.07) is 0. The van der Waals surface area contributed by atoms with E-state index in [9.17, 15) is 4.79 Å². The summed E-state index contributed by atoms with van der Waals surface area (Å²) in [7, 11) is 1.73. The van der Waals surface area contributed by atoms with Gasteiger partial charge in [0.2, 0.25) is 0 Å². The molecule has 0 amide bonds. The molecular formula is C10H12N4O. The van der Waals surface area contributed by atoms with Crippen molar-refractivity contribution in [3.63, 3.8) is 0 Å². The molecule has 0 fully saturated rings. The van der Waals surface area contributed by atoms with Gasteiger partial charge in [0, 0.05) is 18.6 Å². The molecule has 0 aliphatic rings. The fraction of sp³-hybridized carbons (Fsp3) is 0.300. The summed E-state index contributed by atoms with van der Waals surface area (Å²) in [5.41, 5.74) is 1.91. The van der Waals surface area contributed by atoms with Crippen LogP contribution < -0.4 is 5.32 Å². The molecule has 2 heterocycles. The van der Waals surface area contributed by atoms with E-state index in [1.807, 2.05) is 17.5 Å². The number of imidazole rings is 1. The predicted molar refractivity (Wildman–Crippen MR) is 56.0 cm³/mol. The smallest absolute Gasteiger partial charge is 0.198 e. The number of rotatable bonds is 3. The van der Waals surface area contributed by atoms with Crippen LogP contribution in [0.25, 0.3) is 5.65 Å². The van der Waals surface area contributed by atoms with Crippen molar-refractivity contribution in [3.05, 3.63) is 30.0 Å². The van der Waals surface area contributed by atoms with Gasteiger partial charge in [-0.2, -0.15) is 0 Å². The van der Waals surface area contributed by atoms with Crippen LogP contribution in [0.5, 0.6) is 0 Å². The second-order valence-corrected chi connectivity index (χ2v) is 3.34. The van der Waals surface area contributed by atoms with Crippen molar-refractivity contribution in [2.45, 2.75) is 6.92 Å². The monoisotopic (exact) mass is 204 g/mol. The first-order chi connectivity index (χ1) is 7.22. The van der Waals surface area contributed by atoms with Gasteiger partial charge in [0.15, 0.2) is 17.1 Å². The molecular weight excluding hydrogens is 192 g/mol. The molecule has 0 spiro atoms. The maximum atomic E-state index is 11.7. The molecule has 78 valence electrons. The molecule has 1 N–H and O–H groups in total. The highest BCUT2D eigenvalue weighted by atomic mass is 16.1. The molecule has 0 saturated heterocycles. The highest BCUT2D eigenvalue weighted by molar-refractivity contribution is 6.00. The number of carbonyl (C=O) groups is 1. The second kappa shape index (κ2) is 3.78. The van der Waals surface area contributed by atoms with E-state index in [4.69, 9.17) is 0 Å². The molecule has 0 unspecified atom stereocenters. The number of aromatic nitrogens is 3. The Labute approximate surface area is 87.2 Å². The van der Waals surface area contributed by atoms with Crippen LogP contribution in [0.15, 0.2) is 18.6 Å². The molecule has 0 aliphatic heterocycles. The number of hydrogen-bond donors (Lipinski definition) is 1. The number of carbonyl (C=O) groups excluding carboxylic acids is 1. The summed E-state index contributed by atoms with van der Waals surface area (Å²) >= 11 is 0. The van der Waals surface area contributed by atoms with Crippen LogP contribution in [-0.4, -0.2) is 33.7 Å². The van der Waals surface area contributed by atoms with Gasteiger partial charge in [0.1, 0.15) is 0 Å². The Morgan fingerprint density at radius 1 is 1.60 bits per heavy atom. The van der Waals surface area contributed by atoms with E-state index < -0.39 is 0 Å². The second-order valence-electron chi connectivity index (χ2n) is 3.34. The van der Waals surface area contributed by atoms with Crippen LogP contribution in [0, 0.1) is 6.92 Å². The minimum absolute atomic E-state index is 0.0475. The molecule has 15 heavy (non-hydrogen) atoms. The van der Waals surface area contributed by atoms with Crippen molar-refractivity contribution >= 4 is 11.4 Å². The molecule has 5 nitrogen and oxygen atoms in total. The number of likely N-dealkylation sites (N-methyl/N-ethyl adjacent to an activating group) is 1. The van der Waals surface area contributed by atoms with Gasteiger partial charge >= 0.3 is 0 Å². The highest BCUT2D eigenvalue weighted by Gasteiger charge is 2.12. The zero-order valence-corrected chi connectivity index (χ0v) is 8.69. The van der Waals surface area contributed by atoms with E-state index in [0.717, 1.165) is 5.69 Å². The normalized spacial score (nSPS) is 10.8. The third kappa shape index (κ3) is 1.73. The highest BCUT2D eigenvalue weighted by Crippen LogP contribution is 2.08. The summed E-state index contributed by atoms with van der Waals surface area (Å²) in [5, 5.41) is 2.81. The molecule has 0 aliphatic carbocycles. The van der Waals surface area contributed by atoms with Crippen molar-refractivity contribution in [3.8, 4) is 0 Å². The third-order valence-electron chi connectivity index (χ3n) is 2.10. The van der Waals surface area contributed by atoms with Crippen LogP contribution in [0.3, 0.4) is 0 Å². The molecule has 0 aromatic carbocycles. The lowest BCUT2D eigenvalue weighted by molar-refractivity contribution is 0.0990. The third-order valence-corrected chi connectivity index (χ3v) is 2.10. The van der Waals surface area contributed by atoms with Gasteiger partial charge in [-0.05, 0) is 14.0 Å². The number of fused-ring (bicyclic) bond motifs is 1. The van der Waals surface area contributed by atoms with Gasteiger partial charge in [-0.25, -0.2) is 9.97 Å². The van der Waals surface area contributed by atoms with E-state index in [0.29, 0.717) is 11.3 Å². The van der Waals surface area contributed by atoms with Crippen LogP contribution in [0.2, 0.25) is 0 Å². The number of nitrogens with one attached hydrogen (secondary N) is 1. The van der Waals surface area contributed by atoms with Gasteiger partial charge in [0.05, 0.1) is 12.2 Å². The van der Waals surface area contributed by atoms with Crippen molar-refractivity contribution < 1.29 is 4.79 Å². The van der Waals surface area contributed by atoms with E-state index in [1.165, 1.54) is 0 Å². The van der Waals surface area contributed by atoms with Crippen molar-refractivity contribution in [1.29, 1.82) is 0 Å². The fourth-order valence-electron chi connectivity index (χ4n) is 1.48. The standard InChI is InChI=1S/C10H12N4O/c1-7-6-14-4-3-12-9(10(14)13-7)8(15)5-11-2/h3-4,6,11H,5H2,1-2H3. The van der Waals surface area contributed by atoms with Crippen LogP contribution >= 0.6 is 0 Å². The lowest BCUT2D eigenvalue weighted by atomic mass is 10.3. The van der Waals surface area contributed by atoms with Gasteiger partial charge in [-0.3, -0.25) is 4.79 Å². The number of hydrogen-bond acceptors (Lipinski definition) is 4. The van der Waals surface area contributed by atoms with Crippen LogP contribution in [0.1, 0.15) is 16.2 Å². The minimum Gasteiger partial charge on any atom is -0.313 e. The molecule has 0 atom stereocenters. The Bertz CT molecular complexity index is 503. The maximum absolute atomic E-state index is 11.7. The Kier molecular flexibility index (Phi) is 2.47. The molecule has 5 heteroatoms. The molecule has 0 radical (unpaired) electrons. The SMILES string of the molecule is CNCC(=O)c1nccn2cc(C)nc12. The average Bonchev–Trinajstić information content (AvgIpc) is 2.57. The molecule has 2 aromatic heterocycles. The van der Waals surface area contributed by atoms with E-state index >= 15 is 0 Å². The van der Waals surface area contributed by atoms with E-state index in [2.05, 4.69) is 15.3 Å². The summed E-state index contributed by atoms with van der Waals surface area (Å²) < 4.78 is 1.81. The van der Waals surface area contributed by atoms with Crippen molar-refractivity contribution in [2.75, 3.05) is 13.6 Å². The summed E-state index contributed by atoms with van der Waals surface area (Å²) in [6.07, 6.45) is 5.26. The average molecular weight is 204 g/mol. The Morgan fingerprint density at radius 2 is 2.40 bits per heavy atom. The fourth-order valence-corrected chi connectivity index (χ4v) is 1.48. The summed E-state index contributed by atoms with van der Waals surface area (Å²) in [6.45, 7) is 2.16. The quantitative estimate of drug-likeness (QED) is 0.737. The summed E-state index contributed by atoms with van der Waals surface area (Å²) in [5.74, 6) is -0.0475. The van der Waals surface area contributed by atoms with Gasteiger partial charge in [-0.15, -0.1) is 0 Å². The maximum Gasteiger partial charge on any atom is 0.198 e. The first kappa shape index (κ1) is 9.79. The number of ketones is 1. The van der Waals surface area contributed by atoms with Crippen molar-refractivity contribution in [1.82, 2.24) is 19.7 Å². The predicted octanol–water partition coefficient (Wildman–Crippen LogP) is 0.440. The van der Waals surface area contributed by atoms with Crippen molar-refractivity contribution in [2.24, 2.45) is 0 Å². The Balaban J connectivity index is 2.55. The first-order valence-electron chi connectivity index (χ1n) is 4.70. The van der Waals surface area contributed by atoms with E-state index in [1.54, 1.807) is 19.4 Å². The molecule has 0 saturated carbocycles. The molecule has 2 rings (SSSR count). The number of aryl methyl sites for hydroxylation is 1. The van der Waals surface area contributed by atoms with Gasteiger partial charge in [-0.1, -0.05) is 0 Å². The zero-order valence-electron chi connectivity index (χ0n) is 8.69. The molecule has 2 aromatic rings. The van der Waals surface area contributed by atoms with Gasteiger partial charge < -0.3 is 9.72 Å². The van der Waals surface area contributed by atoms with E-state index in [-0.39, 0.29) is 12.3 Å². The van der Waals surface area contributed by atoms with Crippen LogP contribution in [-0.2, 0) is 0 Å². The first-order valence-corrected chi connectivity index (χ1v) is 4.70. The zero-order chi connectivity index (χ0) is 10.8. The lowest BCUT2D eigenvalue weighted by Gasteiger charge is -2.00. The number of nitrogens with zero attached hydrogens (tertiary/aromatic N) is 3. The number of Topliss-reactive ketones (excluding diaryl/α,β-unsaturated/α-hetero) is 1. The lowest BCUT2D eigenvalue weighted by Crippen LogP contribution is -2.20. The van der Waals surface area contributed by atoms with Gasteiger partial charge in [0.25, 0.3) is 0 Å². The molecule has 0 bridgehead atoms. The van der Waals surface area contributed by atoms with Crippen LogP contribution in [0.4, 0.5) is 0 Å². The Morgan fingerprint density at radius 3 is 3.13 bits per heavy atom.